The number of aliphatic hydroxyl groups is 1. The first-order chi connectivity index (χ1) is 14.1. The van der Waals surface area contributed by atoms with Gasteiger partial charge in [-0.15, -0.1) is 0 Å². The average Bonchev–Trinajstić information content (AvgIpc) is 3.39. The van der Waals surface area contributed by atoms with E-state index in [1.165, 1.54) is 18.4 Å². The zero-order valence-corrected chi connectivity index (χ0v) is 17.3. The van der Waals surface area contributed by atoms with Crippen molar-refractivity contribution in [3.05, 3.63) is 54.1 Å². The summed E-state index contributed by atoms with van der Waals surface area (Å²) in [7, 11) is 1.83. The molecule has 0 unspecified atom stereocenters. The summed E-state index contributed by atoms with van der Waals surface area (Å²) in [5.74, 6) is 0.283. The molecule has 0 bridgehead atoms. The van der Waals surface area contributed by atoms with E-state index >= 15 is 0 Å². The van der Waals surface area contributed by atoms with Crippen LogP contribution in [-0.2, 0) is 12.5 Å². The number of nitrogens with zero attached hydrogens (tertiary/aromatic N) is 3. The van der Waals surface area contributed by atoms with Crippen LogP contribution < -0.4 is 5.32 Å². The first-order valence-corrected chi connectivity index (χ1v) is 10.8. The standard InChI is InChI=1S/C23H32N4O2/c1-26-16-13-24-21(26)22(29)25-17-23(18-7-3-2-4-8-18)11-9-19(20(28)10-12-23)27-14-5-6-15-27/h2-4,7-8,13,16,19-20,28H,5-6,9-12,14-15,17H2,1H3,(H,25,29)/t19-,20-,23-/m0/s1. The molecule has 6 nitrogen and oxygen atoms in total. The molecule has 2 fully saturated rings. The second-order valence-electron chi connectivity index (χ2n) is 8.65. The Labute approximate surface area is 172 Å². The number of carbonyl (C=O) groups excluding carboxylic acids is 1. The Kier molecular flexibility index (Phi) is 6.01. The van der Waals surface area contributed by atoms with Crippen molar-refractivity contribution in [2.24, 2.45) is 7.05 Å². The van der Waals surface area contributed by atoms with Gasteiger partial charge in [0.25, 0.3) is 5.91 Å². The Balaban J connectivity index is 1.55. The van der Waals surface area contributed by atoms with Crippen molar-refractivity contribution in [1.29, 1.82) is 0 Å². The molecule has 2 aromatic rings. The molecule has 3 atom stereocenters. The number of imidazole rings is 1. The maximum absolute atomic E-state index is 12.7. The Morgan fingerprint density at radius 3 is 2.62 bits per heavy atom. The van der Waals surface area contributed by atoms with E-state index in [9.17, 15) is 9.90 Å². The van der Waals surface area contributed by atoms with Crippen molar-refractivity contribution in [1.82, 2.24) is 19.8 Å². The van der Waals surface area contributed by atoms with Gasteiger partial charge in [-0.25, -0.2) is 4.98 Å². The highest BCUT2D eigenvalue weighted by Gasteiger charge is 2.40. The number of rotatable bonds is 5. The van der Waals surface area contributed by atoms with E-state index in [1.807, 2.05) is 13.1 Å². The minimum Gasteiger partial charge on any atom is -0.391 e. The van der Waals surface area contributed by atoms with Gasteiger partial charge in [0, 0.05) is 37.4 Å². The molecule has 1 amide bonds. The molecule has 29 heavy (non-hydrogen) atoms. The maximum Gasteiger partial charge on any atom is 0.287 e. The van der Waals surface area contributed by atoms with Crippen LogP contribution in [0.2, 0.25) is 0 Å². The van der Waals surface area contributed by atoms with Crippen molar-refractivity contribution in [2.75, 3.05) is 19.6 Å². The average molecular weight is 397 g/mol. The van der Waals surface area contributed by atoms with Gasteiger partial charge in [-0.05, 0) is 57.2 Å². The van der Waals surface area contributed by atoms with Crippen LogP contribution in [-0.4, -0.2) is 57.2 Å². The van der Waals surface area contributed by atoms with E-state index in [-0.39, 0.29) is 23.5 Å². The summed E-state index contributed by atoms with van der Waals surface area (Å²) in [5, 5.41) is 14.1. The second-order valence-corrected chi connectivity index (χ2v) is 8.65. The molecule has 2 N–H and O–H groups in total. The Morgan fingerprint density at radius 2 is 1.93 bits per heavy atom. The van der Waals surface area contributed by atoms with E-state index in [4.69, 9.17) is 0 Å². The lowest BCUT2D eigenvalue weighted by molar-refractivity contribution is 0.0569. The van der Waals surface area contributed by atoms with Crippen LogP contribution in [0.5, 0.6) is 0 Å². The lowest BCUT2D eigenvalue weighted by atomic mass is 9.74. The van der Waals surface area contributed by atoms with Gasteiger partial charge in [0.2, 0.25) is 0 Å². The molecule has 1 saturated heterocycles. The molecular formula is C23H32N4O2. The first kappa shape index (κ1) is 20.1. The highest BCUT2D eigenvalue weighted by Crippen LogP contribution is 2.39. The van der Waals surface area contributed by atoms with Gasteiger partial charge >= 0.3 is 0 Å². The normalized spacial score (nSPS) is 28.2. The number of aromatic nitrogens is 2. The smallest absolute Gasteiger partial charge is 0.287 e. The Hall–Kier alpha value is -2.18. The Bertz CT molecular complexity index is 815. The van der Waals surface area contributed by atoms with Crippen molar-refractivity contribution >= 4 is 5.91 Å². The fourth-order valence-electron chi connectivity index (χ4n) is 5.13. The van der Waals surface area contributed by atoms with Crippen LogP contribution in [0.3, 0.4) is 0 Å². The number of likely N-dealkylation sites (tertiary alicyclic amines) is 1. The summed E-state index contributed by atoms with van der Waals surface area (Å²) in [5.41, 5.74) is 1.08. The lowest BCUT2D eigenvalue weighted by Gasteiger charge is -2.34. The van der Waals surface area contributed by atoms with Crippen LogP contribution in [0.25, 0.3) is 0 Å². The summed E-state index contributed by atoms with van der Waals surface area (Å²) in [6.45, 7) is 2.74. The van der Waals surface area contributed by atoms with Crippen LogP contribution in [0.4, 0.5) is 0 Å². The zero-order chi connectivity index (χ0) is 20.3. The van der Waals surface area contributed by atoms with Gasteiger partial charge < -0.3 is 15.0 Å². The molecule has 2 heterocycles. The Morgan fingerprint density at radius 1 is 1.21 bits per heavy atom. The minimum atomic E-state index is -0.302. The van der Waals surface area contributed by atoms with Gasteiger partial charge in [0.05, 0.1) is 6.10 Å². The van der Waals surface area contributed by atoms with Crippen molar-refractivity contribution < 1.29 is 9.90 Å². The van der Waals surface area contributed by atoms with E-state index < -0.39 is 0 Å². The quantitative estimate of drug-likeness (QED) is 0.762. The molecule has 1 aromatic carbocycles. The van der Waals surface area contributed by atoms with Crippen molar-refractivity contribution in [2.45, 2.75) is 56.1 Å². The van der Waals surface area contributed by atoms with Gasteiger partial charge in [-0.2, -0.15) is 0 Å². The van der Waals surface area contributed by atoms with Crippen molar-refractivity contribution in [3.63, 3.8) is 0 Å². The third kappa shape index (κ3) is 4.23. The van der Waals surface area contributed by atoms with Crippen LogP contribution in [0, 0.1) is 0 Å². The summed E-state index contributed by atoms with van der Waals surface area (Å²) in [6.07, 6.45) is 9.11. The topological polar surface area (TPSA) is 70.4 Å². The molecule has 4 rings (SSSR count). The molecule has 156 valence electrons. The van der Waals surface area contributed by atoms with E-state index in [1.54, 1.807) is 17.0 Å². The number of nitrogens with one attached hydrogen (secondary N) is 1. The number of carbonyl (C=O) groups is 1. The van der Waals surface area contributed by atoms with Gasteiger partial charge in [0.15, 0.2) is 5.82 Å². The molecule has 0 radical (unpaired) electrons. The monoisotopic (exact) mass is 396 g/mol. The summed E-state index contributed by atoms with van der Waals surface area (Å²) in [6, 6.07) is 10.7. The molecule has 2 aliphatic rings. The van der Waals surface area contributed by atoms with E-state index in [0.29, 0.717) is 12.4 Å². The third-order valence-electron chi connectivity index (χ3n) is 6.89. The fraction of sp³-hybridized carbons (Fsp3) is 0.565. The van der Waals surface area contributed by atoms with Crippen LogP contribution in [0.15, 0.2) is 42.7 Å². The third-order valence-corrected chi connectivity index (χ3v) is 6.89. The number of benzene rings is 1. The molecule has 6 heteroatoms. The van der Waals surface area contributed by atoms with Gasteiger partial charge in [-0.1, -0.05) is 30.3 Å². The van der Waals surface area contributed by atoms with Gasteiger partial charge in [-0.3, -0.25) is 9.69 Å². The molecule has 1 saturated carbocycles. The van der Waals surface area contributed by atoms with Crippen molar-refractivity contribution in [3.8, 4) is 0 Å². The second kappa shape index (κ2) is 8.67. The maximum atomic E-state index is 12.7. The number of aliphatic hydroxyl groups excluding tert-OH is 1. The number of amides is 1. The van der Waals surface area contributed by atoms with E-state index in [0.717, 1.165) is 38.8 Å². The SMILES string of the molecule is Cn1ccnc1C(=O)NC[C@@]1(c2ccccc2)CC[C@H](O)[C@@H](N2CCCC2)CC1. The summed E-state index contributed by atoms with van der Waals surface area (Å²) in [4.78, 5) is 19.4. The minimum absolute atomic E-state index is 0.145. The predicted molar refractivity (Wildman–Crippen MR) is 113 cm³/mol. The molecule has 0 spiro atoms. The number of hydrogen-bond acceptors (Lipinski definition) is 4. The van der Waals surface area contributed by atoms with Gasteiger partial charge in [0.1, 0.15) is 0 Å². The summed E-state index contributed by atoms with van der Waals surface area (Å²) < 4.78 is 1.74. The van der Waals surface area contributed by atoms with E-state index in [2.05, 4.69) is 39.5 Å². The van der Waals surface area contributed by atoms with Crippen LogP contribution >= 0.6 is 0 Å². The molecular weight excluding hydrogens is 364 g/mol. The summed E-state index contributed by atoms with van der Waals surface area (Å²) >= 11 is 0. The fourth-order valence-corrected chi connectivity index (χ4v) is 5.13. The zero-order valence-electron chi connectivity index (χ0n) is 17.3. The predicted octanol–water partition coefficient (Wildman–Crippen LogP) is 2.49. The number of aryl methyl sites for hydroxylation is 1. The lowest BCUT2D eigenvalue weighted by Crippen LogP contribution is -2.42. The molecule has 1 aromatic heterocycles. The highest BCUT2D eigenvalue weighted by atomic mass is 16.3. The molecule has 1 aliphatic carbocycles. The number of hydrogen-bond donors (Lipinski definition) is 2. The largest absolute Gasteiger partial charge is 0.391 e. The van der Waals surface area contributed by atoms with Crippen LogP contribution in [0.1, 0.15) is 54.7 Å². The molecule has 1 aliphatic heterocycles. The highest BCUT2D eigenvalue weighted by molar-refractivity contribution is 5.90. The first-order valence-electron chi connectivity index (χ1n) is 10.8.